The van der Waals surface area contributed by atoms with E-state index < -0.39 is 0 Å². The molecule has 1 fully saturated rings. The van der Waals surface area contributed by atoms with Crippen LogP contribution >= 0.6 is 11.3 Å². The quantitative estimate of drug-likeness (QED) is 0.377. The van der Waals surface area contributed by atoms with E-state index in [1.807, 2.05) is 41.3 Å². The van der Waals surface area contributed by atoms with Crippen LogP contribution in [0.5, 0.6) is 5.75 Å². The molecule has 0 unspecified atom stereocenters. The van der Waals surface area contributed by atoms with Crippen LogP contribution in [0.15, 0.2) is 54.6 Å². The van der Waals surface area contributed by atoms with Crippen LogP contribution in [-0.2, 0) is 11.2 Å². The smallest absolute Gasteiger partial charge is 0.263 e. The van der Waals surface area contributed by atoms with E-state index in [1.165, 1.54) is 5.56 Å². The molecule has 1 amide bonds. The van der Waals surface area contributed by atoms with Gasteiger partial charge in [-0.1, -0.05) is 48.6 Å². The van der Waals surface area contributed by atoms with E-state index in [0.717, 1.165) is 65.4 Å². The van der Waals surface area contributed by atoms with Gasteiger partial charge in [0.15, 0.2) is 5.13 Å². The van der Waals surface area contributed by atoms with Gasteiger partial charge in [-0.15, -0.1) is 0 Å². The minimum atomic E-state index is -0.0920. The Morgan fingerprint density at radius 2 is 1.88 bits per heavy atom. The van der Waals surface area contributed by atoms with E-state index in [9.17, 15) is 4.79 Å². The highest BCUT2D eigenvalue weighted by Crippen LogP contribution is 2.33. The summed E-state index contributed by atoms with van der Waals surface area (Å²) in [5.41, 5.74) is 2.74. The number of methoxy groups -OCH3 is 1. The van der Waals surface area contributed by atoms with Gasteiger partial charge in [-0.05, 0) is 47.0 Å². The molecule has 0 saturated carbocycles. The summed E-state index contributed by atoms with van der Waals surface area (Å²) in [4.78, 5) is 23.0. The highest BCUT2D eigenvalue weighted by atomic mass is 32.1. The number of benzene rings is 3. The molecule has 0 radical (unpaired) electrons. The summed E-state index contributed by atoms with van der Waals surface area (Å²) < 4.78 is 12.2. The van der Waals surface area contributed by atoms with Crippen molar-refractivity contribution in [2.24, 2.45) is 0 Å². The molecule has 0 spiro atoms. The van der Waals surface area contributed by atoms with E-state index >= 15 is 0 Å². The Hall–Kier alpha value is -3.00. The molecule has 1 aromatic heterocycles. The Morgan fingerprint density at radius 1 is 1.12 bits per heavy atom. The Bertz CT molecular complexity index is 1310. The number of carbonyl (C=O) groups is 1. The van der Waals surface area contributed by atoms with Gasteiger partial charge in [0.05, 0.1) is 36.1 Å². The van der Waals surface area contributed by atoms with Gasteiger partial charge in [-0.3, -0.25) is 14.6 Å². The number of nitrogens with zero attached hydrogens (tertiary/aromatic N) is 3. The van der Waals surface area contributed by atoms with Crippen molar-refractivity contribution < 1.29 is 14.3 Å². The van der Waals surface area contributed by atoms with Crippen molar-refractivity contribution in [2.75, 3.05) is 51.4 Å². The maximum Gasteiger partial charge on any atom is 0.263 e. The van der Waals surface area contributed by atoms with Crippen molar-refractivity contribution in [1.82, 2.24) is 9.88 Å². The summed E-state index contributed by atoms with van der Waals surface area (Å²) in [6, 6.07) is 18.2. The predicted molar refractivity (Wildman–Crippen MR) is 138 cm³/mol. The maximum absolute atomic E-state index is 14.0. The summed E-state index contributed by atoms with van der Waals surface area (Å²) in [7, 11) is 1.61. The number of carbonyl (C=O) groups excluding carboxylic acids is 1. The van der Waals surface area contributed by atoms with Crippen LogP contribution in [0.25, 0.3) is 21.0 Å². The van der Waals surface area contributed by atoms with Gasteiger partial charge in [-0.25, -0.2) is 4.98 Å². The van der Waals surface area contributed by atoms with Crippen LogP contribution in [0.4, 0.5) is 5.13 Å². The molecule has 6 nitrogen and oxygen atoms in total. The Balaban J connectivity index is 1.53. The fourth-order valence-corrected chi connectivity index (χ4v) is 5.40. The molecule has 3 aromatic carbocycles. The van der Waals surface area contributed by atoms with E-state index in [-0.39, 0.29) is 5.91 Å². The van der Waals surface area contributed by atoms with E-state index in [4.69, 9.17) is 14.5 Å². The first kappa shape index (κ1) is 22.8. The van der Waals surface area contributed by atoms with Crippen molar-refractivity contribution in [3.63, 3.8) is 0 Å². The fourth-order valence-electron chi connectivity index (χ4n) is 4.34. The van der Waals surface area contributed by atoms with Crippen LogP contribution in [0, 0.1) is 0 Å². The monoisotopic (exact) mass is 475 g/mol. The number of anilines is 1. The van der Waals surface area contributed by atoms with Crippen molar-refractivity contribution in [1.29, 1.82) is 0 Å². The van der Waals surface area contributed by atoms with Gasteiger partial charge in [0.1, 0.15) is 5.75 Å². The molecule has 176 valence electrons. The minimum absolute atomic E-state index is 0.0920. The molecule has 1 aliphatic rings. The number of morpholine rings is 1. The predicted octanol–water partition coefficient (Wildman–Crippen LogP) is 5.00. The normalized spacial score (nSPS) is 14.5. The molecular formula is C27H29N3O3S. The number of thiazole rings is 1. The number of amides is 1. The Kier molecular flexibility index (Phi) is 6.76. The summed E-state index contributed by atoms with van der Waals surface area (Å²) in [6.07, 6.45) is 0.969. The van der Waals surface area contributed by atoms with Crippen molar-refractivity contribution in [3.05, 3.63) is 65.7 Å². The third kappa shape index (κ3) is 4.64. The van der Waals surface area contributed by atoms with Gasteiger partial charge < -0.3 is 9.47 Å². The second kappa shape index (κ2) is 10.1. The van der Waals surface area contributed by atoms with Crippen molar-refractivity contribution >= 4 is 43.4 Å². The van der Waals surface area contributed by atoms with E-state index in [2.05, 4.69) is 30.0 Å². The lowest BCUT2D eigenvalue weighted by Gasteiger charge is -2.29. The first-order valence-electron chi connectivity index (χ1n) is 11.7. The molecule has 2 heterocycles. The molecule has 0 atom stereocenters. The zero-order chi connectivity index (χ0) is 23.5. The second-order valence-electron chi connectivity index (χ2n) is 8.46. The van der Waals surface area contributed by atoms with Crippen LogP contribution in [0.2, 0.25) is 0 Å². The van der Waals surface area contributed by atoms with Crippen molar-refractivity contribution in [2.45, 2.75) is 13.3 Å². The first-order chi connectivity index (χ1) is 16.7. The lowest BCUT2D eigenvalue weighted by atomic mass is 10.0. The number of fused-ring (bicyclic) bond motifs is 2. The Morgan fingerprint density at radius 3 is 2.62 bits per heavy atom. The molecule has 0 aliphatic carbocycles. The molecule has 34 heavy (non-hydrogen) atoms. The number of aryl methyl sites for hydroxylation is 1. The highest BCUT2D eigenvalue weighted by molar-refractivity contribution is 7.22. The summed E-state index contributed by atoms with van der Waals surface area (Å²) in [5.74, 6) is 0.486. The molecule has 5 rings (SSSR count). The maximum atomic E-state index is 14.0. The summed E-state index contributed by atoms with van der Waals surface area (Å²) in [6.45, 7) is 6.67. The van der Waals surface area contributed by atoms with Crippen LogP contribution in [-0.4, -0.2) is 62.3 Å². The first-order valence-corrected chi connectivity index (χ1v) is 12.6. The highest BCUT2D eigenvalue weighted by Gasteiger charge is 2.25. The van der Waals surface area contributed by atoms with Crippen molar-refractivity contribution in [3.8, 4) is 5.75 Å². The molecule has 0 N–H and O–H groups in total. The standard InChI is InChI=1S/C27H29N3O3S/c1-3-19-8-9-23-25(16-19)34-27(28-23)30(11-10-29-12-14-33-15-13-29)26(31)22-17-20-6-4-5-7-21(20)18-24(22)32-2/h4-9,16-18H,3,10-15H2,1-2H3. The minimum Gasteiger partial charge on any atom is -0.496 e. The largest absolute Gasteiger partial charge is 0.496 e. The van der Waals surface area contributed by atoms with E-state index in [1.54, 1.807) is 18.4 Å². The average molecular weight is 476 g/mol. The molecule has 1 aliphatic heterocycles. The Labute approximate surface area is 203 Å². The molecular weight excluding hydrogens is 446 g/mol. The van der Waals surface area contributed by atoms with Crippen LogP contribution in [0.1, 0.15) is 22.8 Å². The van der Waals surface area contributed by atoms with Gasteiger partial charge in [0, 0.05) is 26.2 Å². The van der Waals surface area contributed by atoms with Gasteiger partial charge in [0.2, 0.25) is 0 Å². The second-order valence-corrected chi connectivity index (χ2v) is 9.47. The number of hydrogen-bond acceptors (Lipinski definition) is 6. The third-order valence-electron chi connectivity index (χ3n) is 6.37. The molecule has 7 heteroatoms. The van der Waals surface area contributed by atoms with Gasteiger partial charge in [0.25, 0.3) is 5.91 Å². The number of rotatable bonds is 7. The molecule has 0 bridgehead atoms. The summed E-state index contributed by atoms with van der Waals surface area (Å²) in [5, 5.41) is 2.77. The average Bonchev–Trinajstić information content (AvgIpc) is 3.31. The molecule has 4 aromatic rings. The van der Waals surface area contributed by atoms with Crippen LogP contribution in [0.3, 0.4) is 0 Å². The topological polar surface area (TPSA) is 54.9 Å². The lowest BCUT2D eigenvalue weighted by Crippen LogP contribution is -2.43. The fraction of sp³-hybridized carbons (Fsp3) is 0.333. The summed E-state index contributed by atoms with van der Waals surface area (Å²) >= 11 is 1.57. The number of hydrogen-bond donors (Lipinski definition) is 0. The zero-order valence-electron chi connectivity index (χ0n) is 19.6. The van der Waals surface area contributed by atoms with E-state index in [0.29, 0.717) is 17.9 Å². The zero-order valence-corrected chi connectivity index (χ0v) is 20.4. The van der Waals surface area contributed by atoms with Crippen LogP contribution < -0.4 is 9.64 Å². The third-order valence-corrected chi connectivity index (χ3v) is 7.41. The van der Waals surface area contributed by atoms with Gasteiger partial charge in [-0.2, -0.15) is 0 Å². The lowest BCUT2D eigenvalue weighted by molar-refractivity contribution is 0.0391. The van der Waals surface area contributed by atoms with Gasteiger partial charge >= 0.3 is 0 Å². The number of aromatic nitrogens is 1. The SMILES string of the molecule is CCc1ccc2nc(N(CCN3CCOCC3)C(=O)c3cc4ccccc4cc3OC)sc2c1. The number of ether oxygens (including phenoxy) is 2. The molecule has 1 saturated heterocycles.